The van der Waals surface area contributed by atoms with Gasteiger partial charge in [0.25, 0.3) is 17.4 Å². The normalized spacial score (nSPS) is 13.2. The summed E-state index contributed by atoms with van der Waals surface area (Å²) in [5.74, 6) is -2.06. The van der Waals surface area contributed by atoms with E-state index < -0.39 is 23.2 Å². The first kappa shape index (κ1) is 13.0. The number of amides is 2. The molecule has 6 nitrogen and oxygen atoms in total. The number of hydrogen-bond donors (Lipinski definition) is 2. The molecule has 0 spiro atoms. The summed E-state index contributed by atoms with van der Waals surface area (Å²) in [6.45, 7) is 1.66. The Hall–Kier alpha value is -2.96. The van der Waals surface area contributed by atoms with Crippen LogP contribution < -0.4 is 16.6 Å². The lowest BCUT2D eigenvalue weighted by Gasteiger charge is -2.12. The number of anilines is 1. The summed E-state index contributed by atoms with van der Waals surface area (Å²) in [6, 6.07) is 5.01. The first-order valence-electron chi connectivity index (χ1n) is 6.07. The van der Waals surface area contributed by atoms with Crippen LogP contribution >= 0.6 is 0 Å². The van der Waals surface area contributed by atoms with Crippen LogP contribution in [-0.2, 0) is 0 Å². The van der Waals surface area contributed by atoms with Crippen LogP contribution in [0.5, 0.6) is 0 Å². The topological polar surface area (TPSA) is 94.2 Å². The van der Waals surface area contributed by atoms with E-state index in [2.05, 4.69) is 5.32 Å². The zero-order valence-electron chi connectivity index (χ0n) is 10.9. The quantitative estimate of drug-likeness (QED) is 0.757. The van der Waals surface area contributed by atoms with E-state index in [1.807, 2.05) is 0 Å². The zero-order valence-corrected chi connectivity index (χ0v) is 10.9. The highest BCUT2D eigenvalue weighted by molar-refractivity contribution is 6.23. The Kier molecular flexibility index (Phi) is 2.65. The largest absolute Gasteiger partial charge is 0.384 e. The fourth-order valence-electron chi connectivity index (χ4n) is 2.39. The molecule has 0 saturated carbocycles. The summed E-state index contributed by atoms with van der Waals surface area (Å²) < 4.78 is 14.5. The Morgan fingerprint density at radius 2 is 1.81 bits per heavy atom. The summed E-state index contributed by atoms with van der Waals surface area (Å²) >= 11 is 0. The van der Waals surface area contributed by atoms with Crippen molar-refractivity contribution in [2.24, 2.45) is 0 Å². The van der Waals surface area contributed by atoms with Gasteiger partial charge >= 0.3 is 0 Å². The standard InChI is InChI=1S/C14H10FN3O3/c1-6-2-7(15)4-8(3-6)18-10(19)5-9-11(12(18)16)14(21)17-13(9)20/h2-5H,16H2,1H3,(H,17,20,21). The highest BCUT2D eigenvalue weighted by Gasteiger charge is 2.31. The molecule has 0 radical (unpaired) electrons. The predicted octanol–water partition coefficient (Wildman–Crippen LogP) is 0.751. The number of halogens is 1. The third kappa shape index (κ3) is 1.90. The number of imide groups is 1. The lowest BCUT2D eigenvalue weighted by Crippen LogP contribution is -2.24. The number of nitrogens with two attached hydrogens (primary N) is 1. The maximum Gasteiger partial charge on any atom is 0.262 e. The molecule has 106 valence electrons. The van der Waals surface area contributed by atoms with Crippen LogP contribution in [0.15, 0.2) is 29.1 Å². The molecule has 2 amide bonds. The van der Waals surface area contributed by atoms with Crippen molar-refractivity contribution < 1.29 is 14.0 Å². The summed E-state index contributed by atoms with van der Waals surface area (Å²) in [7, 11) is 0. The van der Waals surface area contributed by atoms with Crippen molar-refractivity contribution in [3.8, 4) is 5.69 Å². The van der Waals surface area contributed by atoms with Gasteiger partial charge < -0.3 is 5.73 Å². The van der Waals surface area contributed by atoms with Gasteiger partial charge in [-0.2, -0.15) is 0 Å². The fourth-order valence-corrected chi connectivity index (χ4v) is 2.39. The molecular weight excluding hydrogens is 277 g/mol. The molecule has 0 aliphatic carbocycles. The molecule has 1 aliphatic rings. The van der Waals surface area contributed by atoms with Crippen molar-refractivity contribution in [2.75, 3.05) is 5.73 Å². The number of carbonyl (C=O) groups excluding carboxylic acids is 2. The predicted molar refractivity (Wildman–Crippen MR) is 72.9 cm³/mol. The molecule has 2 aromatic rings. The van der Waals surface area contributed by atoms with Gasteiger partial charge in [0.15, 0.2) is 0 Å². The van der Waals surface area contributed by atoms with Gasteiger partial charge in [-0.3, -0.25) is 24.3 Å². The molecule has 0 atom stereocenters. The van der Waals surface area contributed by atoms with Crippen molar-refractivity contribution in [2.45, 2.75) is 6.92 Å². The first-order valence-corrected chi connectivity index (χ1v) is 6.07. The number of rotatable bonds is 1. The monoisotopic (exact) mass is 287 g/mol. The van der Waals surface area contributed by atoms with Crippen LogP contribution in [0, 0.1) is 12.7 Å². The Bertz CT molecular complexity index is 850. The maximum absolute atomic E-state index is 13.5. The van der Waals surface area contributed by atoms with E-state index in [1.54, 1.807) is 13.0 Å². The average molecular weight is 287 g/mol. The molecule has 0 fully saturated rings. The van der Waals surface area contributed by atoms with Crippen LogP contribution in [0.1, 0.15) is 26.3 Å². The summed E-state index contributed by atoms with van der Waals surface area (Å²) in [6.07, 6.45) is 0. The van der Waals surface area contributed by atoms with Crippen LogP contribution in [0.2, 0.25) is 0 Å². The molecule has 21 heavy (non-hydrogen) atoms. The number of aromatic nitrogens is 1. The SMILES string of the molecule is Cc1cc(F)cc(-n2c(N)c3c(cc2=O)C(=O)NC3=O)c1. The van der Waals surface area contributed by atoms with E-state index in [-0.39, 0.29) is 22.6 Å². The Balaban J connectivity index is 2.35. The second kappa shape index (κ2) is 4.27. The number of fused-ring (bicyclic) bond motifs is 1. The Morgan fingerprint density at radius 1 is 1.10 bits per heavy atom. The number of aryl methyl sites for hydroxylation is 1. The Labute approximate surface area is 118 Å². The molecule has 1 aromatic carbocycles. The molecule has 0 bridgehead atoms. The van der Waals surface area contributed by atoms with Crippen molar-refractivity contribution >= 4 is 17.6 Å². The van der Waals surface area contributed by atoms with Crippen LogP contribution in [-0.4, -0.2) is 16.4 Å². The minimum absolute atomic E-state index is 0.0631. The minimum atomic E-state index is -0.672. The van der Waals surface area contributed by atoms with E-state index in [9.17, 15) is 18.8 Å². The second-order valence-electron chi connectivity index (χ2n) is 4.76. The maximum atomic E-state index is 13.5. The van der Waals surface area contributed by atoms with Gasteiger partial charge in [-0.05, 0) is 30.7 Å². The zero-order chi connectivity index (χ0) is 15.3. The van der Waals surface area contributed by atoms with Gasteiger partial charge in [0, 0.05) is 6.07 Å². The number of nitrogens with zero attached hydrogens (tertiary/aromatic N) is 1. The second-order valence-corrected chi connectivity index (χ2v) is 4.76. The van der Waals surface area contributed by atoms with E-state index >= 15 is 0 Å². The van der Waals surface area contributed by atoms with Gasteiger partial charge in [0.1, 0.15) is 11.6 Å². The molecule has 0 saturated heterocycles. The summed E-state index contributed by atoms with van der Waals surface area (Å²) in [4.78, 5) is 35.4. The highest BCUT2D eigenvalue weighted by Crippen LogP contribution is 2.23. The third-order valence-electron chi connectivity index (χ3n) is 3.24. The molecule has 3 N–H and O–H groups in total. The minimum Gasteiger partial charge on any atom is -0.384 e. The lowest BCUT2D eigenvalue weighted by molar-refractivity contribution is 0.0880. The number of hydrogen-bond acceptors (Lipinski definition) is 4. The molecule has 7 heteroatoms. The van der Waals surface area contributed by atoms with Crippen LogP contribution in [0.3, 0.4) is 0 Å². The number of nitrogens with one attached hydrogen (secondary N) is 1. The molecule has 2 heterocycles. The average Bonchev–Trinajstić information content (AvgIpc) is 2.63. The number of carbonyl (C=O) groups is 2. The van der Waals surface area contributed by atoms with Gasteiger partial charge in [-0.15, -0.1) is 0 Å². The van der Waals surface area contributed by atoms with Crippen molar-refractivity contribution in [3.63, 3.8) is 0 Å². The van der Waals surface area contributed by atoms with E-state index in [4.69, 9.17) is 5.73 Å². The summed E-state index contributed by atoms with van der Waals surface area (Å²) in [5.41, 5.74) is 5.90. The third-order valence-corrected chi connectivity index (χ3v) is 3.24. The van der Waals surface area contributed by atoms with Gasteiger partial charge in [-0.1, -0.05) is 0 Å². The number of nitrogen functional groups attached to an aromatic ring is 1. The smallest absolute Gasteiger partial charge is 0.262 e. The molecule has 0 unspecified atom stereocenters. The molecular formula is C14H10FN3O3. The fraction of sp³-hybridized carbons (Fsp3) is 0.0714. The van der Waals surface area contributed by atoms with E-state index in [0.29, 0.717) is 5.56 Å². The molecule has 1 aliphatic heterocycles. The molecule has 1 aromatic heterocycles. The highest BCUT2D eigenvalue weighted by atomic mass is 19.1. The van der Waals surface area contributed by atoms with E-state index in [1.165, 1.54) is 6.07 Å². The summed E-state index contributed by atoms with van der Waals surface area (Å²) in [5, 5.41) is 2.07. The first-order chi connectivity index (χ1) is 9.88. The van der Waals surface area contributed by atoms with Crippen LogP contribution in [0.4, 0.5) is 10.2 Å². The molecule has 3 rings (SSSR count). The van der Waals surface area contributed by atoms with Crippen molar-refractivity contribution in [3.05, 3.63) is 57.1 Å². The van der Waals surface area contributed by atoms with Gasteiger partial charge in [0.05, 0.1) is 16.8 Å². The number of pyridine rings is 1. The van der Waals surface area contributed by atoms with Crippen molar-refractivity contribution in [1.82, 2.24) is 9.88 Å². The lowest BCUT2D eigenvalue weighted by atomic mass is 10.1. The Morgan fingerprint density at radius 3 is 2.48 bits per heavy atom. The van der Waals surface area contributed by atoms with Crippen LogP contribution in [0.25, 0.3) is 5.69 Å². The van der Waals surface area contributed by atoms with Gasteiger partial charge in [-0.25, -0.2) is 4.39 Å². The number of benzene rings is 1. The van der Waals surface area contributed by atoms with Crippen molar-refractivity contribution in [1.29, 1.82) is 0 Å². The van der Waals surface area contributed by atoms with E-state index in [0.717, 1.165) is 16.7 Å². The van der Waals surface area contributed by atoms with Gasteiger partial charge in [0.2, 0.25) is 0 Å².